The molecule has 0 spiro atoms. The van der Waals surface area contributed by atoms with Gasteiger partial charge in [-0.1, -0.05) is 30.3 Å². The quantitative estimate of drug-likeness (QED) is 0.200. The van der Waals surface area contributed by atoms with Crippen molar-refractivity contribution in [2.75, 3.05) is 0 Å². The van der Waals surface area contributed by atoms with E-state index in [0.717, 1.165) is 113 Å². The molecule has 0 fully saturated rings. The van der Waals surface area contributed by atoms with Gasteiger partial charge in [-0.3, -0.25) is 0 Å². The van der Waals surface area contributed by atoms with E-state index in [1.54, 1.807) is 12.4 Å². The number of nitrogens with zero attached hydrogens (tertiary/aromatic N) is 5. The zero-order valence-corrected chi connectivity index (χ0v) is 31.0. The minimum absolute atomic E-state index is 0.0816. The normalized spacial score (nSPS) is 13.4. The first-order valence-electron chi connectivity index (χ1n) is 19.3. The van der Waals surface area contributed by atoms with E-state index in [1.807, 2.05) is 94.6 Å². The van der Waals surface area contributed by atoms with Crippen LogP contribution in [-0.2, 0) is 7.05 Å². The molecule has 0 bridgehead atoms. The second-order valence-corrected chi connectivity index (χ2v) is 15.2. The fourth-order valence-corrected chi connectivity index (χ4v) is 9.32. The maximum absolute atomic E-state index is 6.57. The number of ether oxygens (including phenoxy) is 4. The first-order valence-corrected chi connectivity index (χ1v) is 19.3. The third-order valence-corrected chi connectivity index (χ3v) is 11.9. The molecule has 9 nitrogen and oxygen atoms in total. The van der Waals surface area contributed by atoms with E-state index >= 15 is 0 Å². The number of aryl methyl sites for hydroxylation is 1. The first kappa shape index (κ1) is 31.5. The molecule has 0 saturated heterocycles. The van der Waals surface area contributed by atoms with Crippen LogP contribution < -0.4 is 51.7 Å². The second kappa shape index (κ2) is 11.7. The van der Waals surface area contributed by atoms with Gasteiger partial charge in [0.25, 0.3) is 13.4 Å². The predicted octanol–water partition coefficient (Wildman–Crippen LogP) is 6.19. The van der Waals surface area contributed by atoms with Crippen LogP contribution >= 0.6 is 0 Å². The Morgan fingerprint density at radius 2 is 0.879 bits per heavy atom. The largest absolute Gasteiger partial charge is 0.458 e. The maximum Gasteiger partial charge on any atom is 0.260 e. The molecule has 58 heavy (non-hydrogen) atoms. The van der Waals surface area contributed by atoms with E-state index in [0.29, 0.717) is 0 Å². The molecule has 0 atom stereocenters. The number of benzene rings is 6. The van der Waals surface area contributed by atoms with Gasteiger partial charge in [-0.05, 0) is 136 Å². The van der Waals surface area contributed by atoms with Crippen molar-refractivity contribution in [2.45, 2.75) is 0 Å². The van der Waals surface area contributed by atoms with Crippen molar-refractivity contribution >= 4 is 46.2 Å². The molecule has 0 saturated carbocycles. The number of rotatable bonds is 4. The Morgan fingerprint density at radius 1 is 0.431 bits per heavy atom. The average Bonchev–Trinajstić information content (AvgIpc) is 4.07. The molecule has 9 aromatic rings. The van der Waals surface area contributed by atoms with E-state index in [-0.39, 0.29) is 13.4 Å². The van der Waals surface area contributed by atoms with Gasteiger partial charge < -0.3 is 23.5 Å². The third-order valence-electron chi connectivity index (χ3n) is 11.9. The summed E-state index contributed by atoms with van der Waals surface area (Å²) in [7, 11) is 2.11. The van der Waals surface area contributed by atoms with E-state index in [9.17, 15) is 0 Å². The zero-order valence-electron chi connectivity index (χ0n) is 31.0. The first-order chi connectivity index (χ1) is 28.6. The minimum atomic E-state index is -0.0847. The lowest BCUT2D eigenvalue weighted by atomic mass is 9.34. The lowest BCUT2D eigenvalue weighted by molar-refractivity contribution is 0.464. The molecule has 0 unspecified atom stereocenters. The van der Waals surface area contributed by atoms with Crippen LogP contribution in [0.1, 0.15) is 0 Å². The molecule has 0 radical (unpaired) electrons. The van der Waals surface area contributed by atoms with Crippen molar-refractivity contribution in [1.82, 2.24) is 24.1 Å². The summed E-state index contributed by atoms with van der Waals surface area (Å²) in [5.74, 6) is 6.61. The van der Waals surface area contributed by atoms with Gasteiger partial charge in [0.2, 0.25) is 0 Å². The summed E-state index contributed by atoms with van der Waals surface area (Å²) in [6.45, 7) is -0.166. The summed E-state index contributed by atoms with van der Waals surface area (Å²) in [6.07, 6.45) is 9.71. The molecular formula is C47H29B2N5O4. The zero-order chi connectivity index (χ0) is 38.1. The summed E-state index contributed by atoms with van der Waals surface area (Å²) in [5.41, 5.74) is 12.8. The summed E-state index contributed by atoms with van der Waals surface area (Å²) < 4.78 is 32.1. The Morgan fingerprint density at radius 3 is 1.36 bits per heavy atom. The van der Waals surface area contributed by atoms with E-state index in [1.165, 1.54) is 0 Å². The molecule has 3 aromatic heterocycles. The van der Waals surface area contributed by atoms with Crippen LogP contribution in [-0.4, -0.2) is 37.6 Å². The van der Waals surface area contributed by atoms with Gasteiger partial charge >= 0.3 is 0 Å². The molecule has 272 valence electrons. The van der Waals surface area contributed by atoms with Crippen LogP contribution in [0.3, 0.4) is 0 Å². The van der Waals surface area contributed by atoms with Gasteiger partial charge in [-0.15, -0.1) is 0 Å². The smallest absolute Gasteiger partial charge is 0.260 e. The van der Waals surface area contributed by atoms with Gasteiger partial charge in [-0.25, -0.2) is 9.36 Å². The van der Waals surface area contributed by atoms with E-state index in [2.05, 4.69) is 82.6 Å². The van der Waals surface area contributed by atoms with E-state index < -0.39 is 0 Å². The summed E-state index contributed by atoms with van der Waals surface area (Å²) in [6, 6.07) is 43.9. The average molecular weight is 749 g/mol. The second-order valence-electron chi connectivity index (χ2n) is 15.2. The highest BCUT2D eigenvalue weighted by Gasteiger charge is 2.42. The fourth-order valence-electron chi connectivity index (χ4n) is 9.32. The van der Waals surface area contributed by atoms with Crippen molar-refractivity contribution < 1.29 is 18.9 Å². The van der Waals surface area contributed by atoms with Crippen LogP contribution in [0.15, 0.2) is 158 Å². The molecule has 13 rings (SSSR count). The summed E-state index contributed by atoms with van der Waals surface area (Å²) in [4.78, 5) is 0. The molecule has 6 aromatic carbocycles. The predicted molar refractivity (Wildman–Crippen MR) is 226 cm³/mol. The van der Waals surface area contributed by atoms with Gasteiger partial charge in [0.15, 0.2) is 0 Å². The Balaban J connectivity index is 0.912. The topological polar surface area (TPSA) is 77.5 Å². The van der Waals surface area contributed by atoms with Crippen LogP contribution in [0.5, 0.6) is 46.0 Å². The summed E-state index contributed by atoms with van der Waals surface area (Å²) in [5, 5.41) is 9.00. The van der Waals surface area contributed by atoms with Crippen LogP contribution in [0.2, 0.25) is 0 Å². The lowest BCUT2D eigenvalue weighted by Gasteiger charge is -2.33. The SMILES string of the molecule is Cn1cc(-c2ccc3c(c2)B2c4cc(-n5cccn5)ccc4Oc4cccc(c42)O3)cc1-c1ccc2c(c1)B1c3cc(-n4cccn4)ccc3Oc3cccc(c31)O2. The number of aromatic nitrogens is 5. The van der Waals surface area contributed by atoms with Gasteiger partial charge in [0.1, 0.15) is 46.0 Å². The third kappa shape index (κ3) is 4.55. The highest BCUT2D eigenvalue weighted by molar-refractivity contribution is 6.99. The lowest BCUT2D eigenvalue weighted by Crippen LogP contribution is -2.57. The molecule has 11 heteroatoms. The standard InChI is InChI=1S/C47H29B2N5O4/c1-52-27-30(28-10-14-38-33(22-28)48-35-25-31(53-20-4-18-50-53)12-16-40(35)57-44-8-2-6-42(55-38)46(44)48)24-37(52)29-11-15-39-34(23-29)49-36-26-32(54-21-5-19-51-54)13-17-41(36)58-45-9-3-7-43(56-39)47(45)49/h2-27H,1H3. The Hall–Kier alpha value is -7.65. The van der Waals surface area contributed by atoms with Crippen LogP contribution in [0, 0.1) is 0 Å². The van der Waals surface area contributed by atoms with Gasteiger partial charge in [0.05, 0.1) is 11.4 Å². The van der Waals surface area contributed by atoms with Crippen molar-refractivity contribution in [3.8, 4) is 79.8 Å². The fraction of sp³-hybridized carbons (Fsp3) is 0.0213. The van der Waals surface area contributed by atoms with Gasteiger partial charge in [0, 0.05) is 54.7 Å². The Labute approximate surface area is 333 Å². The monoisotopic (exact) mass is 749 g/mol. The number of hydrogen-bond acceptors (Lipinski definition) is 6. The maximum atomic E-state index is 6.57. The number of hydrogen-bond donors (Lipinski definition) is 0. The molecule has 4 aliphatic heterocycles. The molecular weight excluding hydrogens is 720 g/mol. The van der Waals surface area contributed by atoms with Crippen molar-refractivity contribution in [3.63, 3.8) is 0 Å². The highest BCUT2D eigenvalue weighted by atomic mass is 16.5. The Kier molecular flexibility index (Phi) is 6.36. The van der Waals surface area contributed by atoms with Crippen molar-refractivity contribution in [3.05, 3.63) is 158 Å². The van der Waals surface area contributed by atoms with Gasteiger partial charge in [-0.2, -0.15) is 10.2 Å². The van der Waals surface area contributed by atoms with E-state index in [4.69, 9.17) is 18.9 Å². The molecule has 0 N–H and O–H groups in total. The molecule has 4 aliphatic rings. The summed E-state index contributed by atoms with van der Waals surface area (Å²) >= 11 is 0. The minimum Gasteiger partial charge on any atom is -0.458 e. The number of fused-ring (bicyclic) bond motifs is 8. The van der Waals surface area contributed by atoms with Crippen molar-refractivity contribution in [1.29, 1.82) is 0 Å². The molecule has 0 amide bonds. The molecule has 0 aliphatic carbocycles. The van der Waals surface area contributed by atoms with Crippen LogP contribution in [0.4, 0.5) is 0 Å². The van der Waals surface area contributed by atoms with Crippen LogP contribution in [0.25, 0.3) is 33.8 Å². The Bertz CT molecular complexity index is 3150. The highest BCUT2D eigenvalue weighted by Crippen LogP contribution is 2.39. The molecule has 7 heterocycles. The van der Waals surface area contributed by atoms with Crippen molar-refractivity contribution in [2.24, 2.45) is 7.05 Å².